The fraction of sp³-hybridized carbons (Fsp3) is 0.381. The van der Waals surface area contributed by atoms with E-state index in [1.54, 1.807) is 24.3 Å². The maximum absolute atomic E-state index is 12.7. The van der Waals surface area contributed by atoms with Crippen molar-refractivity contribution in [1.29, 1.82) is 0 Å². The molecule has 1 aliphatic heterocycles. The summed E-state index contributed by atoms with van der Waals surface area (Å²) in [5, 5.41) is 9.63. The third kappa shape index (κ3) is 5.45. The van der Waals surface area contributed by atoms with Crippen molar-refractivity contribution in [3.63, 3.8) is 0 Å². The first-order chi connectivity index (χ1) is 13.8. The number of anilines is 2. The summed E-state index contributed by atoms with van der Waals surface area (Å²) in [4.78, 5) is 14.0. The first-order valence-corrected chi connectivity index (χ1v) is 12.2. The normalized spacial score (nSPS) is 14.8. The highest BCUT2D eigenvalue weighted by Crippen LogP contribution is 2.28. The molecule has 0 spiro atoms. The number of sulfonamides is 1. The van der Waals surface area contributed by atoms with E-state index in [1.807, 2.05) is 28.8 Å². The number of rotatable bonds is 7. The summed E-state index contributed by atoms with van der Waals surface area (Å²) in [7, 11) is -3.80. The second-order valence-corrected chi connectivity index (χ2v) is 10.4. The van der Waals surface area contributed by atoms with Gasteiger partial charge in [0.15, 0.2) is 0 Å². The first kappa shape index (κ1) is 21.5. The molecule has 1 saturated heterocycles. The first-order valence-electron chi connectivity index (χ1n) is 9.58. The van der Waals surface area contributed by atoms with Gasteiger partial charge in [0.1, 0.15) is 0 Å². The molecule has 1 aliphatic rings. The van der Waals surface area contributed by atoms with Crippen LogP contribution >= 0.6 is 11.8 Å². The molecule has 8 heteroatoms. The monoisotopic (exact) mass is 434 g/mol. The van der Waals surface area contributed by atoms with Gasteiger partial charge >= 0.3 is 5.97 Å². The minimum atomic E-state index is -3.80. The number of hydrogen-bond donors (Lipinski definition) is 2. The predicted octanol–water partition coefficient (Wildman–Crippen LogP) is 3.94. The van der Waals surface area contributed by atoms with Crippen LogP contribution in [0.4, 0.5) is 11.4 Å². The Kier molecular flexibility index (Phi) is 6.74. The molecule has 3 rings (SSSR count). The maximum Gasteiger partial charge on any atom is 0.337 e. The maximum atomic E-state index is 12.7. The highest BCUT2D eigenvalue weighted by Gasteiger charge is 2.21. The van der Waals surface area contributed by atoms with Crippen molar-refractivity contribution < 1.29 is 18.3 Å². The lowest BCUT2D eigenvalue weighted by molar-refractivity contribution is 0.0697. The summed E-state index contributed by atoms with van der Waals surface area (Å²) in [5.74, 6) is 1.31. The van der Waals surface area contributed by atoms with E-state index in [-0.39, 0.29) is 16.1 Å². The SMILES string of the molecule is CC(C)Cc1ccc(S(=O)(=O)Nc2ccc(N3CCSCC3)c(C(=O)O)c2)cc1. The lowest BCUT2D eigenvalue weighted by atomic mass is 10.0. The Morgan fingerprint density at radius 1 is 1.14 bits per heavy atom. The van der Waals surface area contributed by atoms with Crippen LogP contribution in [0.1, 0.15) is 29.8 Å². The molecule has 156 valence electrons. The van der Waals surface area contributed by atoms with E-state index in [2.05, 4.69) is 18.6 Å². The van der Waals surface area contributed by atoms with Crippen molar-refractivity contribution in [3.8, 4) is 0 Å². The number of nitrogens with zero attached hydrogens (tertiary/aromatic N) is 1. The quantitative estimate of drug-likeness (QED) is 0.686. The third-order valence-electron chi connectivity index (χ3n) is 4.71. The molecule has 0 atom stereocenters. The molecule has 1 fully saturated rings. The van der Waals surface area contributed by atoms with Gasteiger partial charge in [-0.15, -0.1) is 0 Å². The Bertz CT molecular complexity index is 967. The van der Waals surface area contributed by atoms with E-state index in [0.29, 0.717) is 11.6 Å². The lowest BCUT2D eigenvalue weighted by Gasteiger charge is -2.29. The van der Waals surface area contributed by atoms with Gasteiger partial charge in [-0.25, -0.2) is 13.2 Å². The molecular formula is C21H26N2O4S2. The topological polar surface area (TPSA) is 86.7 Å². The van der Waals surface area contributed by atoms with Gasteiger partial charge in [0.25, 0.3) is 10.0 Å². The predicted molar refractivity (Wildman–Crippen MR) is 119 cm³/mol. The second-order valence-electron chi connectivity index (χ2n) is 7.48. The van der Waals surface area contributed by atoms with Crippen LogP contribution in [0, 0.1) is 5.92 Å². The number of carboxylic acids is 1. The average Bonchev–Trinajstić information content (AvgIpc) is 2.68. The van der Waals surface area contributed by atoms with E-state index in [4.69, 9.17) is 0 Å². The molecule has 0 unspecified atom stereocenters. The summed E-state index contributed by atoms with van der Waals surface area (Å²) in [5.41, 5.74) is 2.04. The van der Waals surface area contributed by atoms with Gasteiger partial charge in [0, 0.05) is 30.3 Å². The van der Waals surface area contributed by atoms with Crippen LogP contribution in [0.2, 0.25) is 0 Å². The molecule has 0 amide bonds. The minimum Gasteiger partial charge on any atom is -0.478 e. The van der Waals surface area contributed by atoms with Crippen LogP contribution in [0.15, 0.2) is 47.4 Å². The van der Waals surface area contributed by atoms with E-state index in [0.717, 1.165) is 36.6 Å². The van der Waals surface area contributed by atoms with Gasteiger partial charge < -0.3 is 10.0 Å². The number of thioether (sulfide) groups is 1. The van der Waals surface area contributed by atoms with E-state index in [9.17, 15) is 18.3 Å². The molecule has 2 aromatic carbocycles. The van der Waals surface area contributed by atoms with Crippen molar-refractivity contribution in [1.82, 2.24) is 0 Å². The van der Waals surface area contributed by atoms with Crippen LogP contribution in [-0.4, -0.2) is 44.1 Å². The fourth-order valence-electron chi connectivity index (χ4n) is 3.34. The van der Waals surface area contributed by atoms with Gasteiger partial charge in [-0.2, -0.15) is 11.8 Å². The highest BCUT2D eigenvalue weighted by molar-refractivity contribution is 7.99. The van der Waals surface area contributed by atoms with E-state index < -0.39 is 16.0 Å². The standard InChI is InChI=1S/C21H26N2O4S2/c1-15(2)13-16-3-6-18(7-4-16)29(26,27)22-17-5-8-20(19(14-17)21(24)25)23-9-11-28-12-10-23/h3-8,14-15,22H,9-13H2,1-2H3,(H,24,25). The van der Waals surface area contributed by atoms with Gasteiger partial charge in [-0.05, 0) is 48.2 Å². The molecule has 2 aromatic rings. The molecule has 0 aliphatic carbocycles. The van der Waals surface area contributed by atoms with Crippen LogP contribution in [0.25, 0.3) is 0 Å². The summed E-state index contributed by atoms with van der Waals surface area (Å²) >= 11 is 1.84. The molecule has 29 heavy (non-hydrogen) atoms. The van der Waals surface area contributed by atoms with Crippen molar-refractivity contribution >= 4 is 39.1 Å². The number of carboxylic acid groups (broad SMARTS) is 1. The molecule has 0 bridgehead atoms. The van der Waals surface area contributed by atoms with E-state index in [1.165, 1.54) is 6.07 Å². The molecule has 2 N–H and O–H groups in total. The zero-order chi connectivity index (χ0) is 21.0. The molecule has 0 aromatic heterocycles. The minimum absolute atomic E-state index is 0.101. The Balaban J connectivity index is 1.83. The van der Waals surface area contributed by atoms with Crippen LogP contribution in [0.3, 0.4) is 0 Å². The van der Waals surface area contributed by atoms with Crippen molar-refractivity contribution in [3.05, 3.63) is 53.6 Å². The van der Waals surface area contributed by atoms with Gasteiger partial charge in [0.2, 0.25) is 0 Å². The Hall–Kier alpha value is -2.19. The summed E-state index contributed by atoms with van der Waals surface area (Å²) in [6.45, 7) is 5.77. The fourth-order valence-corrected chi connectivity index (χ4v) is 5.29. The Labute approximate surface area is 176 Å². The summed E-state index contributed by atoms with van der Waals surface area (Å²) in [6, 6.07) is 11.5. The molecule has 0 saturated carbocycles. The smallest absolute Gasteiger partial charge is 0.337 e. The lowest BCUT2D eigenvalue weighted by Crippen LogP contribution is -2.33. The van der Waals surface area contributed by atoms with E-state index >= 15 is 0 Å². The Morgan fingerprint density at radius 2 is 1.79 bits per heavy atom. The van der Waals surface area contributed by atoms with Gasteiger partial charge in [0.05, 0.1) is 16.1 Å². The van der Waals surface area contributed by atoms with Crippen molar-refractivity contribution in [2.24, 2.45) is 5.92 Å². The average molecular weight is 435 g/mol. The molecule has 6 nitrogen and oxygen atoms in total. The summed E-state index contributed by atoms with van der Waals surface area (Å²) < 4.78 is 28.0. The van der Waals surface area contributed by atoms with Crippen LogP contribution in [-0.2, 0) is 16.4 Å². The molecule has 1 heterocycles. The number of aromatic carboxylic acids is 1. The third-order valence-corrected chi connectivity index (χ3v) is 7.05. The largest absolute Gasteiger partial charge is 0.478 e. The van der Waals surface area contributed by atoms with Crippen LogP contribution in [0.5, 0.6) is 0 Å². The molecule has 0 radical (unpaired) electrons. The van der Waals surface area contributed by atoms with Crippen molar-refractivity contribution in [2.45, 2.75) is 25.2 Å². The number of hydrogen-bond acceptors (Lipinski definition) is 5. The summed E-state index contributed by atoms with van der Waals surface area (Å²) in [6.07, 6.45) is 0.881. The van der Waals surface area contributed by atoms with Crippen LogP contribution < -0.4 is 9.62 Å². The van der Waals surface area contributed by atoms with Crippen molar-refractivity contribution in [2.75, 3.05) is 34.2 Å². The Morgan fingerprint density at radius 3 is 2.38 bits per heavy atom. The second kappa shape index (κ2) is 9.09. The highest BCUT2D eigenvalue weighted by atomic mass is 32.2. The number of carbonyl (C=O) groups is 1. The molecular weight excluding hydrogens is 408 g/mol. The van der Waals surface area contributed by atoms with Gasteiger partial charge in [-0.3, -0.25) is 4.72 Å². The zero-order valence-corrected chi connectivity index (χ0v) is 18.2. The number of benzene rings is 2. The van der Waals surface area contributed by atoms with Gasteiger partial charge in [-0.1, -0.05) is 26.0 Å². The zero-order valence-electron chi connectivity index (χ0n) is 16.6. The number of nitrogens with one attached hydrogen (secondary N) is 1.